The molecule has 2 saturated heterocycles. The van der Waals surface area contributed by atoms with Crippen LogP contribution in [0.25, 0.3) is 0 Å². The maximum Gasteiger partial charge on any atom is 0.149 e. The van der Waals surface area contributed by atoms with E-state index in [1.807, 2.05) is 0 Å². The lowest BCUT2D eigenvalue weighted by Crippen LogP contribution is -2.43. The Morgan fingerprint density at radius 1 is 1.11 bits per heavy atom. The predicted octanol–water partition coefficient (Wildman–Crippen LogP) is 3.00. The Hall–Kier alpha value is -1.16. The van der Waals surface area contributed by atoms with Gasteiger partial charge in [0.05, 0.1) is 0 Å². The summed E-state index contributed by atoms with van der Waals surface area (Å²) in [4.78, 5) is 2.50. The van der Waals surface area contributed by atoms with E-state index in [9.17, 15) is 8.78 Å². The molecule has 1 N–H and O–H groups in total. The molecule has 2 heterocycles. The fourth-order valence-electron chi connectivity index (χ4n) is 3.20. The summed E-state index contributed by atoms with van der Waals surface area (Å²) in [6.45, 7) is 2.23. The van der Waals surface area contributed by atoms with E-state index in [2.05, 4.69) is 10.2 Å². The maximum absolute atomic E-state index is 13.6. The molecule has 0 radical (unpaired) electrons. The number of rotatable bonds is 2. The third-order valence-corrected chi connectivity index (χ3v) is 4.13. The second-order valence-corrected chi connectivity index (χ2v) is 5.29. The molecule has 0 aliphatic carbocycles. The van der Waals surface area contributed by atoms with Gasteiger partial charge in [0.2, 0.25) is 0 Å². The van der Waals surface area contributed by atoms with Crippen LogP contribution in [0.3, 0.4) is 0 Å². The van der Waals surface area contributed by atoms with Crippen LogP contribution in [-0.4, -0.2) is 30.1 Å². The fourth-order valence-corrected chi connectivity index (χ4v) is 3.20. The number of fused-ring (bicyclic) bond motifs is 1. The van der Waals surface area contributed by atoms with E-state index in [1.54, 1.807) is 0 Å². The monoisotopic (exact) mass is 252 g/mol. The highest BCUT2D eigenvalue weighted by Crippen LogP contribution is 2.29. The highest BCUT2D eigenvalue weighted by atomic mass is 19.1. The zero-order valence-electron chi connectivity index (χ0n) is 10.3. The van der Waals surface area contributed by atoms with Crippen LogP contribution in [0, 0.1) is 11.6 Å². The zero-order valence-corrected chi connectivity index (χ0v) is 10.3. The largest absolute Gasteiger partial charge is 0.377 e. The molecule has 0 amide bonds. The van der Waals surface area contributed by atoms with Crippen molar-refractivity contribution in [3.8, 4) is 0 Å². The summed E-state index contributed by atoms with van der Waals surface area (Å²) in [7, 11) is 0. The zero-order chi connectivity index (χ0) is 12.5. The minimum Gasteiger partial charge on any atom is -0.377 e. The average Bonchev–Trinajstić information content (AvgIpc) is 2.81. The molecular formula is C14H18F2N2. The molecule has 4 heteroatoms. The van der Waals surface area contributed by atoms with Crippen LogP contribution in [-0.2, 0) is 0 Å². The van der Waals surface area contributed by atoms with Gasteiger partial charge < -0.3 is 10.2 Å². The molecule has 0 bridgehead atoms. The molecule has 2 unspecified atom stereocenters. The summed E-state index contributed by atoms with van der Waals surface area (Å²) in [6.07, 6.45) is 4.43. The molecule has 0 spiro atoms. The van der Waals surface area contributed by atoms with Gasteiger partial charge in [-0.3, -0.25) is 0 Å². The second-order valence-electron chi connectivity index (χ2n) is 5.29. The van der Waals surface area contributed by atoms with Crippen molar-refractivity contribution in [2.75, 3.05) is 18.4 Å². The topological polar surface area (TPSA) is 15.3 Å². The molecule has 2 aliphatic rings. The molecular weight excluding hydrogens is 234 g/mol. The number of nitrogens with zero attached hydrogens (tertiary/aromatic N) is 1. The number of para-hydroxylation sites is 1. The highest BCUT2D eigenvalue weighted by Gasteiger charge is 2.32. The van der Waals surface area contributed by atoms with E-state index in [-0.39, 0.29) is 11.7 Å². The van der Waals surface area contributed by atoms with Crippen molar-refractivity contribution in [3.05, 3.63) is 29.8 Å². The highest BCUT2D eigenvalue weighted by molar-refractivity contribution is 5.47. The molecule has 2 atom stereocenters. The smallest absolute Gasteiger partial charge is 0.149 e. The summed E-state index contributed by atoms with van der Waals surface area (Å²) in [5.74, 6) is -0.993. The SMILES string of the molecule is Fc1cccc(F)c1NC1CCN2CCCC2C1. The van der Waals surface area contributed by atoms with Crippen LogP contribution in [0.5, 0.6) is 0 Å². The normalized spacial score (nSPS) is 28.1. The van der Waals surface area contributed by atoms with Crippen LogP contribution < -0.4 is 5.32 Å². The van der Waals surface area contributed by atoms with Gasteiger partial charge in [0.15, 0.2) is 0 Å². The second kappa shape index (κ2) is 4.84. The first-order chi connectivity index (χ1) is 8.74. The molecule has 1 aromatic carbocycles. The van der Waals surface area contributed by atoms with Crippen molar-refractivity contribution >= 4 is 5.69 Å². The van der Waals surface area contributed by atoms with Gasteiger partial charge in [0.1, 0.15) is 17.3 Å². The first-order valence-electron chi connectivity index (χ1n) is 6.68. The minimum absolute atomic E-state index is 0.0361. The average molecular weight is 252 g/mol. The summed E-state index contributed by atoms with van der Waals surface area (Å²) in [5.41, 5.74) is 0.0361. The lowest BCUT2D eigenvalue weighted by atomic mass is 9.97. The van der Waals surface area contributed by atoms with Gasteiger partial charge in [0, 0.05) is 18.6 Å². The van der Waals surface area contributed by atoms with E-state index >= 15 is 0 Å². The number of anilines is 1. The molecule has 0 saturated carbocycles. The fraction of sp³-hybridized carbons (Fsp3) is 0.571. The lowest BCUT2D eigenvalue weighted by molar-refractivity contribution is 0.188. The molecule has 98 valence electrons. The Morgan fingerprint density at radius 2 is 1.89 bits per heavy atom. The first kappa shape index (κ1) is 11.9. The van der Waals surface area contributed by atoms with E-state index < -0.39 is 11.6 Å². The molecule has 2 fully saturated rings. The Balaban J connectivity index is 1.69. The van der Waals surface area contributed by atoms with Crippen LogP contribution >= 0.6 is 0 Å². The number of nitrogens with one attached hydrogen (secondary N) is 1. The van der Waals surface area contributed by atoms with Crippen LogP contribution in [0.4, 0.5) is 14.5 Å². The van der Waals surface area contributed by atoms with Gasteiger partial charge >= 0.3 is 0 Å². The third kappa shape index (κ3) is 2.21. The van der Waals surface area contributed by atoms with Crippen LogP contribution in [0.15, 0.2) is 18.2 Å². The van der Waals surface area contributed by atoms with E-state index in [4.69, 9.17) is 0 Å². The van der Waals surface area contributed by atoms with E-state index in [1.165, 1.54) is 37.6 Å². The molecule has 2 nitrogen and oxygen atoms in total. The number of halogens is 2. The predicted molar refractivity (Wildman–Crippen MR) is 67.6 cm³/mol. The summed E-state index contributed by atoms with van der Waals surface area (Å²) in [6, 6.07) is 4.79. The van der Waals surface area contributed by atoms with Crippen molar-refractivity contribution in [3.63, 3.8) is 0 Å². The maximum atomic E-state index is 13.6. The Morgan fingerprint density at radius 3 is 2.67 bits per heavy atom. The number of piperidine rings is 1. The van der Waals surface area contributed by atoms with Gasteiger partial charge in [-0.15, -0.1) is 0 Å². The van der Waals surface area contributed by atoms with E-state index in [0.29, 0.717) is 6.04 Å². The molecule has 0 aromatic heterocycles. The Bertz CT molecular complexity index is 416. The summed E-state index contributed by atoms with van der Waals surface area (Å²) >= 11 is 0. The summed E-state index contributed by atoms with van der Waals surface area (Å²) in [5, 5.41) is 3.05. The number of hydrogen-bond donors (Lipinski definition) is 1. The van der Waals surface area contributed by atoms with Crippen LogP contribution in [0.2, 0.25) is 0 Å². The van der Waals surface area contributed by atoms with Crippen LogP contribution in [0.1, 0.15) is 25.7 Å². The quantitative estimate of drug-likeness (QED) is 0.870. The Kier molecular flexibility index (Phi) is 3.20. The lowest BCUT2D eigenvalue weighted by Gasteiger charge is -2.35. The van der Waals surface area contributed by atoms with Crippen molar-refractivity contribution in [2.45, 2.75) is 37.8 Å². The third-order valence-electron chi connectivity index (χ3n) is 4.13. The van der Waals surface area contributed by atoms with Gasteiger partial charge in [-0.25, -0.2) is 8.78 Å². The van der Waals surface area contributed by atoms with Crippen molar-refractivity contribution in [1.29, 1.82) is 0 Å². The molecule has 1 aromatic rings. The minimum atomic E-state index is -0.496. The summed E-state index contributed by atoms with van der Waals surface area (Å²) < 4.78 is 27.1. The molecule has 2 aliphatic heterocycles. The van der Waals surface area contributed by atoms with Crippen molar-refractivity contribution in [2.24, 2.45) is 0 Å². The van der Waals surface area contributed by atoms with E-state index in [0.717, 1.165) is 19.4 Å². The first-order valence-corrected chi connectivity index (χ1v) is 6.68. The van der Waals surface area contributed by atoms with Gasteiger partial charge in [-0.1, -0.05) is 6.07 Å². The van der Waals surface area contributed by atoms with Gasteiger partial charge in [-0.05, 0) is 44.4 Å². The van der Waals surface area contributed by atoms with Gasteiger partial charge in [-0.2, -0.15) is 0 Å². The van der Waals surface area contributed by atoms with Gasteiger partial charge in [0.25, 0.3) is 0 Å². The molecule has 3 rings (SSSR count). The number of benzene rings is 1. The Labute approximate surface area is 106 Å². The van der Waals surface area contributed by atoms with Crippen molar-refractivity contribution < 1.29 is 8.78 Å². The van der Waals surface area contributed by atoms with Crippen molar-refractivity contribution in [1.82, 2.24) is 4.90 Å². The molecule has 18 heavy (non-hydrogen) atoms. The standard InChI is InChI=1S/C14H18F2N2/c15-12-4-1-5-13(16)14(12)17-10-6-8-18-7-2-3-11(18)9-10/h1,4-5,10-11,17H,2-3,6-9H2. The number of hydrogen-bond acceptors (Lipinski definition) is 2.